The number of benzene rings is 1. The van der Waals surface area contributed by atoms with Crippen molar-refractivity contribution in [3.8, 4) is 0 Å². The summed E-state index contributed by atoms with van der Waals surface area (Å²) in [6.45, 7) is 2.19. The second-order valence-corrected chi connectivity index (χ2v) is 7.23. The third-order valence-electron chi connectivity index (χ3n) is 3.61. The largest absolute Gasteiger partial charge is 0.306 e. The Hall–Kier alpha value is -0.540. The zero-order valence-corrected chi connectivity index (χ0v) is 12.9. The number of fused-ring (bicyclic) bond motifs is 1. The Balaban J connectivity index is 1.67. The maximum absolute atomic E-state index is 6.04. The Morgan fingerprint density at radius 3 is 2.68 bits per heavy atom. The Morgan fingerprint density at radius 2 is 1.95 bits per heavy atom. The van der Waals surface area contributed by atoms with Crippen molar-refractivity contribution in [2.45, 2.75) is 31.8 Å². The molecule has 2 unspecified atom stereocenters. The van der Waals surface area contributed by atoms with Crippen molar-refractivity contribution in [2.24, 2.45) is 0 Å². The van der Waals surface area contributed by atoms with Crippen molar-refractivity contribution < 1.29 is 0 Å². The maximum atomic E-state index is 6.04. The zero-order chi connectivity index (χ0) is 13.4. The summed E-state index contributed by atoms with van der Waals surface area (Å²) in [4.78, 5) is 1.29. The van der Waals surface area contributed by atoms with Crippen molar-refractivity contribution in [3.05, 3.63) is 55.7 Å². The molecule has 0 aliphatic heterocycles. The number of halogens is 2. The molecule has 1 aromatic carbocycles. The first-order valence-electron chi connectivity index (χ1n) is 6.40. The van der Waals surface area contributed by atoms with Crippen LogP contribution in [-0.2, 0) is 12.8 Å². The van der Waals surface area contributed by atoms with E-state index in [4.69, 9.17) is 23.2 Å². The van der Waals surface area contributed by atoms with Gasteiger partial charge in [-0.3, -0.25) is 0 Å². The van der Waals surface area contributed by atoms with Crippen molar-refractivity contribution in [3.63, 3.8) is 0 Å². The van der Waals surface area contributed by atoms with Crippen LogP contribution in [0.3, 0.4) is 0 Å². The molecule has 1 aliphatic carbocycles. The van der Waals surface area contributed by atoms with Crippen LogP contribution in [0.1, 0.15) is 29.0 Å². The number of rotatable bonds is 3. The molecular weight excluding hydrogens is 297 g/mol. The van der Waals surface area contributed by atoms with Crippen molar-refractivity contribution in [2.75, 3.05) is 0 Å². The topological polar surface area (TPSA) is 12.0 Å². The van der Waals surface area contributed by atoms with Crippen LogP contribution in [0.15, 0.2) is 30.3 Å². The van der Waals surface area contributed by atoms with Crippen LogP contribution < -0.4 is 5.32 Å². The third-order valence-corrected chi connectivity index (χ3v) is 5.26. The predicted octanol–water partition coefficient (Wildman–Crippen LogP) is 4.87. The lowest BCUT2D eigenvalue weighted by Gasteiger charge is -2.18. The minimum Gasteiger partial charge on any atom is -0.306 e. The quantitative estimate of drug-likeness (QED) is 0.852. The number of nitrogens with one attached hydrogen (secondary N) is 1. The maximum Gasteiger partial charge on any atom is 0.0931 e. The normalized spacial score (nSPS) is 19.4. The van der Waals surface area contributed by atoms with E-state index in [-0.39, 0.29) is 0 Å². The van der Waals surface area contributed by atoms with Crippen LogP contribution in [0.25, 0.3) is 0 Å². The van der Waals surface area contributed by atoms with Gasteiger partial charge in [-0.05, 0) is 55.2 Å². The first-order chi connectivity index (χ1) is 9.11. The molecule has 0 fully saturated rings. The average molecular weight is 312 g/mol. The summed E-state index contributed by atoms with van der Waals surface area (Å²) in [6.07, 6.45) is 2.13. The standard InChI is InChI=1S/C15H15Cl2NS/c1-9(14-4-5-15(17)19-14)18-13-7-10-2-3-12(16)6-11(10)8-13/h2-6,9,13,18H,7-8H2,1H3. The van der Waals surface area contributed by atoms with Gasteiger partial charge in [0.05, 0.1) is 4.34 Å². The van der Waals surface area contributed by atoms with E-state index in [1.807, 2.05) is 12.1 Å². The lowest BCUT2D eigenvalue weighted by atomic mass is 10.1. The molecule has 19 heavy (non-hydrogen) atoms. The van der Waals surface area contributed by atoms with Gasteiger partial charge in [0.2, 0.25) is 0 Å². The minimum absolute atomic E-state index is 0.340. The Bertz CT molecular complexity index is 594. The second kappa shape index (κ2) is 5.45. The smallest absolute Gasteiger partial charge is 0.0931 e. The van der Waals surface area contributed by atoms with Gasteiger partial charge in [-0.2, -0.15) is 0 Å². The molecule has 1 aromatic heterocycles. The first kappa shape index (κ1) is 13.4. The van der Waals surface area contributed by atoms with E-state index < -0.39 is 0 Å². The summed E-state index contributed by atoms with van der Waals surface area (Å²) >= 11 is 13.7. The summed E-state index contributed by atoms with van der Waals surface area (Å²) in [5, 5.41) is 4.51. The van der Waals surface area contributed by atoms with Gasteiger partial charge in [0.1, 0.15) is 0 Å². The highest BCUT2D eigenvalue weighted by molar-refractivity contribution is 7.16. The fourth-order valence-electron chi connectivity index (χ4n) is 2.70. The van der Waals surface area contributed by atoms with Crippen LogP contribution in [0, 0.1) is 0 Å². The molecule has 0 saturated carbocycles. The van der Waals surface area contributed by atoms with Crippen molar-refractivity contribution >= 4 is 34.5 Å². The van der Waals surface area contributed by atoms with E-state index in [2.05, 4.69) is 30.4 Å². The summed E-state index contributed by atoms with van der Waals surface area (Å²) in [6, 6.07) is 11.1. The van der Waals surface area contributed by atoms with E-state index in [0.717, 1.165) is 22.2 Å². The van der Waals surface area contributed by atoms with Gasteiger partial charge in [0.15, 0.2) is 0 Å². The molecule has 1 aliphatic rings. The second-order valence-electron chi connectivity index (χ2n) is 5.05. The fourth-order valence-corrected chi connectivity index (χ4v) is 3.97. The monoisotopic (exact) mass is 311 g/mol. The van der Waals surface area contributed by atoms with E-state index in [9.17, 15) is 0 Å². The average Bonchev–Trinajstić information content (AvgIpc) is 2.94. The Morgan fingerprint density at radius 1 is 1.16 bits per heavy atom. The predicted molar refractivity (Wildman–Crippen MR) is 83.5 cm³/mol. The van der Waals surface area contributed by atoms with Crippen LogP contribution in [0.4, 0.5) is 0 Å². The molecule has 1 heterocycles. The molecule has 100 valence electrons. The van der Waals surface area contributed by atoms with Crippen LogP contribution in [-0.4, -0.2) is 6.04 Å². The molecule has 0 bridgehead atoms. The van der Waals surface area contributed by atoms with Gasteiger partial charge in [-0.25, -0.2) is 0 Å². The van der Waals surface area contributed by atoms with Crippen LogP contribution >= 0.6 is 34.5 Å². The van der Waals surface area contributed by atoms with Gasteiger partial charge in [0.25, 0.3) is 0 Å². The molecule has 2 atom stereocenters. The highest BCUT2D eigenvalue weighted by Gasteiger charge is 2.23. The summed E-state index contributed by atoms with van der Waals surface area (Å²) in [7, 11) is 0. The molecular formula is C15H15Cl2NS. The van der Waals surface area contributed by atoms with E-state index in [1.54, 1.807) is 11.3 Å². The van der Waals surface area contributed by atoms with Gasteiger partial charge in [-0.1, -0.05) is 29.3 Å². The van der Waals surface area contributed by atoms with Crippen LogP contribution in [0.2, 0.25) is 9.36 Å². The summed E-state index contributed by atoms with van der Waals surface area (Å²) in [5.74, 6) is 0. The molecule has 0 spiro atoms. The molecule has 2 aromatic rings. The number of hydrogen-bond donors (Lipinski definition) is 1. The third kappa shape index (κ3) is 2.97. The van der Waals surface area contributed by atoms with Gasteiger partial charge in [-0.15, -0.1) is 11.3 Å². The molecule has 0 saturated heterocycles. The Kier molecular flexibility index (Phi) is 3.86. The Labute approximate surface area is 127 Å². The van der Waals surface area contributed by atoms with Gasteiger partial charge in [0, 0.05) is 22.0 Å². The molecule has 3 rings (SSSR count). The SMILES string of the molecule is CC(NC1Cc2ccc(Cl)cc2C1)c1ccc(Cl)s1. The lowest BCUT2D eigenvalue weighted by Crippen LogP contribution is -2.31. The van der Waals surface area contributed by atoms with Crippen molar-refractivity contribution in [1.82, 2.24) is 5.32 Å². The highest BCUT2D eigenvalue weighted by Crippen LogP contribution is 2.30. The summed E-state index contributed by atoms with van der Waals surface area (Å²) < 4.78 is 0.852. The molecule has 4 heteroatoms. The van der Waals surface area contributed by atoms with Gasteiger partial charge >= 0.3 is 0 Å². The zero-order valence-electron chi connectivity index (χ0n) is 10.6. The highest BCUT2D eigenvalue weighted by atomic mass is 35.5. The van der Waals surface area contributed by atoms with E-state index >= 15 is 0 Å². The molecule has 0 amide bonds. The van der Waals surface area contributed by atoms with E-state index in [1.165, 1.54) is 16.0 Å². The van der Waals surface area contributed by atoms with E-state index in [0.29, 0.717) is 12.1 Å². The molecule has 1 N–H and O–H groups in total. The van der Waals surface area contributed by atoms with Crippen molar-refractivity contribution in [1.29, 1.82) is 0 Å². The first-order valence-corrected chi connectivity index (χ1v) is 7.97. The molecule has 1 nitrogen and oxygen atoms in total. The van der Waals surface area contributed by atoms with Gasteiger partial charge < -0.3 is 5.32 Å². The van der Waals surface area contributed by atoms with Crippen LogP contribution in [0.5, 0.6) is 0 Å². The lowest BCUT2D eigenvalue weighted by molar-refractivity contribution is 0.472. The number of thiophene rings is 1. The number of hydrogen-bond acceptors (Lipinski definition) is 2. The molecule has 0 radical (unpaired) electrons. The fraction of sp³-hybridized carbons (Fsp3) is 0.333. The minimum atomic E-state index is 0.340. The summed E-state index contributed by atoms with van der Waals surface area (Å²) in [5.41, 5.74) is 2.79.